The third kappa shape index (κ3) is 3.27. The molecule has 7 heteroatoms. The van der Waals surface area contributed by atoms with Gasteiger partial charge in [0.25, 0.3) is 0 Å². The van der Waals surface area contributed by atoms with Gasteiger partial charge >= 0.3 is 11.8 Å². The van der Waals surface area contributed by atoms with Gasteiger partial charge in [-0.2, -0.15) is 0 Å². The Balaban J connectivity index is 1.92. The molecule has 1 saturated carbocycles. The van der Waals surface area contributed by atoms with E-state index in [0.29, 0.717) is 19.5 Å². The Hall–Kier alpha value is -1.21. The van der Waals surface area contributed by atoms with Crippen LogP contribution in [-0.2, 0) is 9.59 Å². The maximum atomic E-state index is 12.0. The lowest BCUT2D eigenvalue weighted by Gasteiger charge is -2.47. The highest BCUT2D eigenvalue weighted by Gasteiger charge is 2.44. The number of hydrogen-bond acceptors (Lipinski definition) is 4. The predicted molar refractivity (Wildman–Crippen MR) is 77.9 cm³/mol. The van der Waals surface area contributed by atoms with Crippen LogP contribution >= 0.6 is 12.2 Å². The fraction of sp³-hybridized carbons (Fsp3) is 0.769. The minimum atomic E-state index is -0.681. The van der Waals surface area contributed by atoms with Crippen LogP contribution in [0.5, 0.6) is 0 Å². The number of carbonyl (C=O) groups excluding carboxylic acids is 2. The molecule has 0 bridgehead atoms. The number of aliphatic hydroxyl groups is 1. The standard InChI is InChI=1S/C13H21N3O3S/c14-10(20)7-15-11(17)12(18)16-6-5-13(19)4-2-1-3-9(13)8-16/h9,19H,1-8H2,(H2,14,20)(H,15,17). The van der Waals surface area contributed by atoms with Gasteiger partial charge in [0.15, 0.2) is 0 Å². The van der Waals surface area contributed by atoms with E-state index in [1.165, 1.54) is 4.90 Å². The summed E-state index contributed by atoms with van der Waals surface area (Å²) in [7, 11) is 0. The summed E-state index contributed by atoms with van der Waals surface area (Å²) in [5.74, 6) is -1.16. The topological polar surface area (TPSA) is 95.7 Å². The highest BCUT2D eigenvalue weighted by atomic mass is 32.1. The Morgan fingerprint density at radius 3 is 2.85 bits per heavy atom. The number of thiocarbonyl (C=S) groups is 1. The first-order valence-corrected chi connectivity index (χ1v) is 7.41. The summed E-state index contributed by atoms with van der Waals surface area (Å²) in [6.45, 7) is 0.906. The Kier molecular flexibility index (Phi) is 4.59. The quantitative estimate of drug-likeness (QED) is 0.474. The van der Waals surface area contributed by atoms with Crippen molar-refractivity contribution < 1.29 is 14.7 Å². The van der Waals surface area contributed by atoms with Crippen molar-refractivity contribution >= 4 is 29.0 Å². The molecule has 2 atom stereocenters. The Morgan fingerprint density at radius 2 is 2.15 bits per heavy atom. The smallest absolute Gasteiger partial charge is 0.311 e. The van der Waals surface area contributed by atoms with Crippen LogP contribution in [0.1, 0.15) is 32.1 Å². The average Bonchev–Trinajstić information content (AvgIpc) is 2.42. The molecular weight excluding hydrogens is 278 g/mol. The van der Waals surface area contributed by atoms with Crippen molar-refractivity contribution in [3.8, 4) is 0 Å². The van der Waals surface area contributed by atoms with Crippen LogP contribution in [0.2, 0.25) is 0 Å². The van der Waals surface area contributed by atoms with Crippen molar-refractivity contribution in [1.82, 2.24) is 10.2 Å². The van der Waals surface area contributed by atoms with Crippen LogP contribution in [0.4, 0.5) is 0 Å². The number of carbonyl (C=O) groups is 2. The van der Waals surface area contributed by atoms with E-state index in [4.69, 9.17) is 5.73 Å². The molecule has 1 aliphatic heterocycles. The minimum absolute atomic E-state index is 0.0289. The molecule has 1 saturated heterocycles. The predicted octanol–water partition coefficient (Wildman–Crippen LogP) is -0.458. The lowest BCUT2D eigenvalue weighted by Crippen LogP contribution is -2.57. The largest absolute Gasteiger partial charge is 0.392 e. The van der Waals surface area contributed by atoms with Gasteiger partial charge in [-0.05, 0) is 19.3 Å². The fourth-order valence-corrected chi connectivity index (χ4v) is 3.21. The summed E-state index contributed by atoms with van der Waals surface area (Å²) in [6, 6.07) is 0. The summed E-state index contributed by atoms with van der Waals surface area (Å²) in [4.78, 5) is 25.4. The van der Waals surface area contributed by atoms with Gasteiger partial charge in [-0.1, -0.05) is 25.1 Å². The molecule has 0 aromatic heterocycles. The van der Waals surface area contributed by atoms with Crippen molar-refractivity contribution in [3.63, 3.8) is 0 Å². The molecule has 2 fully saturated rings. The van der Waals surface area contributed by atoms with Gasteiger partial charge in [0.1, 0.15) is 0 Å². The molecule has 2 amide bonds. The van der Waals surface area contributed by atoms with Crippen molar-refractivity contribution in [2.24, 2.45) is 11.7 Å². The Labute approximate surface area is 123 Å². The Bertz CT molecular complexity index is 429. The van der Waals surface area contributed by atoms with Crippen LogP contribution in [0, 0.1) is 5.92 Å². The van der Waals surface area contributed by atoms with Crippen molar-refractivity contribution in [3.05, 3.63) is 0 Å². The van der Waals surface area contributed by atoms with Crippen molar-refractivity contribution in [1.29, 1.82) is 0 Å². The molecule has 0 aromatic rings. The zero-order valence-corrected chi connectivity index (χ0v) is 12.2. The number of fused-ring (bicyclic) bond motifs is 1. The molecule has 2 rings (SSSR count). The van der Waals surface area contributed by atoms with Gasteiger partial charge < -0.3 is 21.1 Å². The van der Waals surface area contributed by atoms with Gasteiger partial charge in [0, 0.05) is 19.0 Å². The van der Waals surface area contributed by atoms with Crippen LogP contribution in [0.15, 0.2) is 0 Å². The second-order valence-electron chi connectivity index (χ2n) is 5.70. The number of amides is 2. The molecule has 1 aliphatic carbocycles. The number of nitrogens with two attached hydrogens (primary N) is 1. The average molecular weight is 299 g/mol. The maximum absolute atomic E-state index is 12.0. The van der Waals surface area contributed by atoms with E-state index in [1.807, 2.05) is 0 Å². The lowest BCUT2D eigenvalue weighted by molar-refractivity contribution is -0.153. The molecule has 2 unspecified atom stereocenters. The first kappa shape index (κ1) is 15.2. The molecule has 4 N–H and O–H groups in total. The third-order valence-electron chi connectivity index (χ3n) is 4.33. The van der Waals surface area contributed by atoms with Gasteiger partial charge in [0.05, 0.1) is 17.1 Å². The number of rotatable bonds is 2. The fourth-order valence-electron chi connectivity index (χ4n) is 3.14. The molecule has 112 valence electrons. The number of nitrogens with zero attached hydrogens (tertiary/aromatic N) is 1. The van der Waals surface area contributed by atoms with Crippen LogP contribution in [0.25, 0.3) is 0 Å². The number of hydrogen-bond donors (Lipinski definition) is 3. The molecule has 0 radical (unpaired) electrons. The normalized spacial score (nSPS) is 29.4. The van der Waals surface area contributed by atoms with Gasteiger partial charge in [-0.3, -0.25) is 9.59 Å². The first-order chi connectivity index (χ1) is 9.42. The van der Waals surface area contributed by atoms with Gasteiger partial charge in [-0.15, -0.1) is 0 Å². The number of piperidine rings is 1. The first-order valence-electron chi connectivity index (χ1n) is 7.00. The van der Waals surface area contributed by atoms with Crippen molar-refractivity contribution in [2.45, 2.75) is 37.7 Å². The summed E-state index contributed by atoms with van der Waals surface area (Å²) < 4.78 is 0. The lowest BCUT2D eigenvalue weighted by atomic mass is 9.71. The van der Waals surface area contributed by atoms with E-state index in [1.54, 1.807) is 0 Å². The van der Waals surface area contributed by atoms with Crippen LogP contribution in [0.3, 0.4) is 0 Å². The van der Waals surface area contributed by atoms with E-state index in [-0.39, 0.29) is 17.5 Å². The molecule has 20 heavy (non-hydrogen) atoms. The maximum Gasteiger partial charge on any atom is 0.311 e. The molecule has 6 nitrogen and oxygen atoms in total. The van der Waals surface area contributed by atoms with Crippen LogP contribution in [-0.4, -0.2) is 52.0 Å². The van der Waals surface area contributed by atoms with Crippen molar-refractivity contribution in [2.75, 3.05) is 19.6 Å². The molecular formula is C13H21N3O3S. The van der Waals surface area contributed by atoms with Gasteiger partial charge in [0.2, 0.25) is 0 Å². The van der Waals surface area contributed by atoms with E-state index in [0.717, 1.165) is 25.7 Å². The molecule has 0 aromatic carbocycles. The number of likely N-dealkylation sites (tertiary alicyclic amines) is 1. The summed E-state index contributed by atoms with van der Waals surface area (Å²) in [5, 5.41) is 12.9. The number of nitrogens with one attached hydrogen (secondary N) is 1. The highest BCUT2D eigenvalue weighted by Crippen LogP contribution is 2.39. The second-order valence-corrected chi connectivity index (χ2v) is 6.22. The summed E-state index contributed by atoms with van der Waals surface area (Å²) >= 11 is 4.65. The highest BCUT2D eigenvalue weighted by molar-refractivity contribution is 7.80. The van der Waals surface area contributed by atoms with E-state index in [2.05, 4.69) is 17.5 Å². The zero-order valence-electron chi connectivity index (χ0n) is 11.4. The molecule has 1 heterocycles. The molecule has 2 aliphatic rings. The minimum Gasteiger partial charge on any atom is -0.392 e. The Morgan fingerprint density at radius 1 is 1.40 bits per heavy atom. The van der Waals surface area contributed by atoms with E-state index < -0.39 is 17.4 Å². The summed E-state index contributed by atoms with van der Waals surface area (Å²) in [5.41, 5.74) is 4.63. The molecule has 0 spiro atoms. The monoisotopic (exact) mass is 299 g/mol. The third-order valence-corrected chi connectivity index (χ3v) is 4.48. The second kappa shape index (κ2) is 6.05. The SMILES string of the molecule is NC(=S)CNC(=O)C(=O)N1CCC2(O)CCCCC2C1. The zero-order chi connectivity index (χ0) is 14.8. The summed E-state index contributed by atoms with van der Waals surface area (Å²) in [6.07, 6.45) is 4.37. The van der Waals surface area contributed by atoms with Gasteiger partial charge in [-0.25, -0.2) is 0 Å². The van der Waals surface area contributed by atoms with E-state index >= 15 is 0 Å². The van der Waals surface area contributed by atoms with E-state index in [9.17, 15) is 14.7 Å². The van der Waals surface area contributed by atoms with Crippen LogP contribution < -0.4 is 11.1 Å².